The summed E-state index contributed by atoms with van der Waals surface area (Å²) in [7, 11) is 0. The maximum absolute atomic E-state index is 12.2. The van der Waals surface area contributed by atoms with Crippen LogP contribution in [0.5, 0.6) is 0 Å². The third-order valence-electron chi connectivity index (χ3n) is 4.29. The van der Waals surface area contributed by atoms with Crippen LogP contribution < -0.4 is 0 Å². The third-order valence-corrected chi connectivity index (χ3v) is 6.72. The van der Waals surface area contributed by atoms with Gasteiger partial charge in [0.05, 0.1) is 0 Å². The SMILES string of the molecule is CS[C@@H]1CC[C@H](C(=O)S[C@H]2CC[C@H](C(C)=O)C2)C1. The Morgan fingerprint density at radius 2 is 1.56 bits per heavy atom. The normalized spacial score (nSPS) is 35.9. The van der Waals surface area contributed by atoms with Crippen LogP contribution in [0.1, 0.15) is 45.4 Å². The molecule has 0 amide bonds. The van der Waals surface area contributed by atoms with Gasteiger partial charge < -0.3 is 0 Å². The first kappa shape index (κ1) is 14.4. The fraction of sp³-hybridized carbons (Fsp3) is 0.857. The first-order valence-electron chi connectivity index (χ1n) is 6.84. The molecule has 2 fully saturated rings. The van der Waals surface area contributed by atoms with E-state index in [1.54, 1.807) is 6.92 Å². The summed E-state index contributed by atoms with van der Waals surface area (Å²) in [6, 6.07) is 0. The fourth-order valence-electron chi connectivity index (χ4n) is 3.05. The second-order valence-corrected chi connectivity index (χ2v) is 7.99. The van der Waals surface area contributed by atoms with Gasteiger partial charge in [0, 0.05) is 22.3 Å². The average Bonchev–Trinajstić information content (AvgIpc) is 2.96. The lowest BCUT2D eigenvalue weighted by Crippen LogP contribution is -2.13. The Hall–Kier alpha value is 0.0400. The van der Waals surface area contributed by atoms with Gasteiger partial charge in [-0.25, -0.2) is 0 Å². The van der Waals surface area contributed by atoms with Crippen LogP contribution in [0.3, 0.4) is 0 Å². The lowest BCUT2D eigenvalue weighted by molar-refractivity contribution is -0.120. The van der Waals surface area contributed by atoms with Gasteiger partial charge in [-0.05, 0) is 51.7 Å². The standard InChI is InChI=1S/C14H22O2S2/c1-9(15)10-3-6-13(7-10)18-14(16)11-4-5-12(8-11)17-2/h10-13H,3-8H2,1-2H3/t10-,11-,12+,13-/m0/s1. The van der Waals surface area contributed by atoms with Gasteiger partial charge in [-0.3, -0.25) is 9.59 Å². The molecule has 2 rings (SSSR count). The van der Waals surface area contributed by atoms with Crippen LogP contribution in [0, 0.1) is 11.8 Å². The summed E-state index contributed by atoms with van der Waals surface area (Å²) >= 11 is 3.43. The van der Waals surface area contributed by atoms with Gasteiger partial charge in [0.2, 0.25) is 0 Å². The molecule has 0 aromatic carbocycles. The van der Waals surface area contributed by atoms with Crippen molar-refractivity contribution < 1.29 is 9.59 Å². The van der Waals surface area contributed by atoms with Gasteiger partial charge in [-0.2, -0.15) is 11.8 Å². The van der Waals surface area contributed by atoms with E-state index in [0.29, 0.717) is 21.4 Å². The van der Waals surface area contributed by atoms with E-state index in [-0.39, 0.29) is 11.8 Å². The topological polar surface area (TPSA) is 34.1 Å². The molecule has 0 spiro atoms. The highest BCUT2D eigenvalue weighted by molar-refractivity contribution is 8.14. The fourth-order valence-corrected chi connectivity index (χ4v) is 5.16. The molecule has 0 bridgehead atoms. The molecule has 18 heavy (non-hydrogen) atoms. The molecule has 2 aliphatic rings. The first-order chi connectivity index (χ1) is 8.60. The van der Waals surface area contributed by atoms with E-state index in [1.807, 2.05) is 11.8 Å². The number of hydrogen-bond acceptors (Lipinski definition) is 4. The van der Waals surface area contributed by atoms with E-state index >= 15 is 0 Å². The number of ketones is 1. The molecule has 0 saturated heterocycles. The molecule has 0 aliphatic heterocycles. The number of carbonyl (C=O) groups is 2. The monoisotopic (exact) mass is 286 g/mol. The summed E-state index contributed by atoms with van der Waals surface area (Å²) in [4.78, 5) is 23.5. The van der Waals surface area contributed by atoms with Gasteiger partial charge in [-0.15, -0.1) is 0 Å². The Labute approximate surface area is 118 Å². The molecule has 0 aromatic rings. The number of thioether (sulfide) groups is 2. The predicted molar refractivity (Wildman–Crippen MR) is 79.1 cm³/mol. The van der Waals surface area contributed by atoms with Crippen LogP contribution in [0.15, 0.2) is 0 Å². The van der Waals surface area contributed by atoms with Crippen molar-refractivity contribution in [1.82, 2.24) is 0 Å². The highest BCUT2D eigenvalue weighted by Gasteiger charge is 2.34. The average molecular weight is 286 g/mol. The summed E-state index contributed by atoms with van der Waals surface area (Å²) in [6.45, 7) is 1.68. The summed E-state index contributed by atoms with van der Waals surface area (Å²) in [5.74, 6) is 0.801. The molecule has 2 aliphatic carbocycles. The smallest absolute Gasteiger partial charge is 0.192 e. The van der Waals surface area contributed by atoms with Crippen molar-refractivity contribution in [3.05, 3.63) is 0 Å². The first-order valence-corrected chi connectivity index (χ1v) is 9.00. The summed E-state index contributed by atoms with van der Waals surface area (Å²) < 4.78 is 0. The molecule has 4 heteroatoms. The Morgan fingerprint density at radius 1 is 0.944 bits per heavy atom. The number of Topliss-reactive ketones (excluding diaryl/α,β-unsaturated/α-hetero) is 1. The molecule has 0 heterocycles. The van der Waals surface area contributed by atoms with Gasteiger partial charge in [-0.1, -0.05) is 11.8 Å². The summed E-state index contributed by atoms with van der Waals surface area (Å²) in [5.41, 5.74) is 0. The van der Waals surface area contributed by atoms with Crippen LogP contribution in [0.2, 0.25) is 0 Å². The zero-order chi connectivity index (χ0) is 13.1. The molecule has 2 saturated carbocycles. The van der Waals surface area contributed by atoms with Gasteiger partial charge >= 0.3 is 0 Å². The Kier molecular flexibility index (Phi) is 5.19. The predicted octanol–water partition coefficient (Wildman–Crippen LogP) is 3.54. The molecule has 0 unspecified atom stereocenters. The highest BCUT2D eigenvalue weighted by atomic mass is 32.2. The number of hydrogen-bond donors (Lipinski definition) is 0. The molecule has 0 N–H and O–H groups in total. The minimum Gasteiger partial charge on any atom is -0.300 e. The Bertz CT molecular complexity index is 330. The van der Waals surface area contributed by atoms with Gasteiger partial charge in [0.15, 0.2) is 5.12 Å². The van der Waals surface area contributed by atoms with Gasteiger partial charge in [0.25, 0.3) is 0 Å². The third kappa shape index (κ3) is 3.53. The van der Waals surface area contributed by atoms with E-state index < -0.39 is 0 Å². The largest absolute Gasteiger partial charge is 0.300 e. The van der Waals surface area contributed by atoms with Crippen LogP contribution in [0.4, 0.5) is 0 Å². The molecular formula is C14H22O2S2. The van der Waals surface area contributed by atoms with Crippen molar-refractivity contribution in [2.24, 2.45) is 11.8 Å². The van der Waals surface area contributed by atoms with Crippen molar-refractivity contribution >= 4 is 34.4 Å². The second-order valence-electron chi connectivity index (χ2n) is 5.55. The van der Waals surface area contributed by atoms with E-state index in [4.69, 9.17) is 0 Å². The zero-order valence-electron chi connectivity index (χ0n) is 11.2. The molecule has 0 radical (unpaired) electrons. The number of rotatable bonds is 4. The molecule has 2 nitrogen and oxygen atoms in total. The second kappa shape index (κ2) is 6.47. The van der Waals surface area contributed by atoms with E-state index in [9.17, 15) is 9.59 Å². The lowest BCUT2D eigenvalue weighted by atomic mass is 10.0. The zero-order valence-corrected chi connectivity index (χ0v) is 12.8. The highest BCUT2D eigenvalue weighted by Crippen LogP contribution is 2.40. The Morgan fingerprint density at radius 3 is 2.11 bits per heavy atom. The Balaban J connectivity index is 1.77. The van der Waals surface area contributed by atoms with Crippen molar-refractivity contribution in [3.63, 3.8) is 0 Å². The van der Waals surface area contributed by atoms with E-state index in [2.05, 4.69) is 6.26 Å². The van der Waals surface area contributed by atoms with Crippen LogP contribution in [-0.2, 0) is 9.59 Å². The quantitative estimate of drug-likeness (QED) is 0.791. The molecule has 4 atom stereocenters. The molecule has 0 aromatic heterocycles. The lowest BCUT2D eigenvalue weighted by Gasteiger charge is -2.12. The van der Waals surface area contributed by atoms with E-state index in [0.717, 1.165) is 32.1 Å². The minimum atomic E-state index is 0.220. The molecule has 102 valence electrons. The minimum absolute atomic E-state index is 0.220. The van der Waals surface area contributed by atoms with Crippen molar-refractivity contribution in [2.45, 2.75) is 55.9 Å². The van der Waals surface area contributed by atoms with Crippen molar-refractivity contribution in [3.8, 4) is 0 Å². The van der Waals surface area contributed by atoms with Crippen LogP contribution in [0.25, 0.3) is 0 Å². The van der Waals surface area contributed by atoms with Crippen LogP contribution in [-0.4, -0.2) is 27.7 Å². The molecular weight excluding hydrogens is 264 g/mol. The summed E-state index contributed by atoms with van der Waals surface area (Å²) in [5, 5.41) is 1.48. The maximum Gasteiger partial charge on any atom is 0.192 e. The van der Waals surface area contributed by atoms with Gasteiger partial charge in [0.1, 0.15) is 5.78 Å². The van der Waals surface area contributed by atoms with Crippen LogP contribution >= 0.6 is 23.5 Å². The maximum atomic E-state index is 12.2. The van der Waals surface area contributed by atoms with E-state index in [1.165, 1.54) is 18.2 Å². The van der Waals surface area contributed by atoms with Crippen molar-refractivity contribution in [2.75, 3.05) is 6.26 Å². The van der Waals surface area contributed by atoms with Crippen molar-refractivity contribution in [1.29, 1.82) is 0 Å². The summed E-state index contributed by atoms with van der Waals surface area (Å²) in [6.07, 6.45) is 8.41. The number of carbonyl (C=O) groups excluding carboxylic acids is 2.